The van der Waals surface area contributed by atoms with Gasteiger partial charge in [-0.3, -0.25) is 0 Å². The Morgan fingerprint density at radius 2 is 0.311 bits per heavy atom. The summed E-state index contributed by atoms with van der Waals surface area (Å²) in [5, 5.41) is 0. The van der Waals surface area contributed by atoms with Gasteiger partial charge in [-0.05, 0) is 0 Å². The zero-order chi connectivity index (χ0) is 52.7. The molecule has 414 valence electrons. The Morgan fingerprint density at radius 1 is 0.197 bits per heavy atom. The van der Waals surface area contributed by atoms with Crippen LogP contribution in [0.15, 0.2) is 0 Å². The van der Waals surface area contributed by atoms with Gasteiger partial charge in [0, 0.05) is 40.2 Å². The normalized spacial score (nSPS) is 5.51. The van der Waals surface area contributed by atoms with Crippen molar-refractivity contribution in [1.82, 2.24) is 0 Å². The molecule has 0 nitrogen and oxygen atoms in total. The maximum Gasteiger partial charge on any atom is 0 e. The molecule has 0 N–H and O–H groups in total. The van der Waals surface area contributed by atoms with E-state index in [0.29, 0.717) is 0 Å². The summed E-state index contributed by atoms with van der Waals surface area (Å²) in [7, 11) is 0. The first kappa shape index (κ1) is 152. The van der Waals surface area contributed by atoms with Crippen molar-refractivity contribution in [1.29, 1.82) is 0 Å². The maximum absolute atomic E-state index is 2.25. The first-order valence-corrected chi connectivity index (χ1v) is 27.8. The van der Waals surface area contributed by atoms with Crippen molar-refractivity contribution >= 4 is 0 Å². The van der Waals surface area contributed by atoms with Crippen molar-refractivity contribution in [3.05, 3.63) is 25.7 Å². The van der Waals surface area contributed by atoms with Gasteiger partial charge in [0.2, 0.25) is 0 Å². The Kier molecular flexibility index (Phi) is 1490. The van der Waals surface area contributed by atoms with Gasteiger partial charge < -0.3 is 25.7 Å². The average molecular weight is 1250 g/mol. The van der Waals surface area contributed by atoms with Crippen LogP contribution in [-0.2, 0) is 40.2 Å². The van der Waals surface area contributed by atoms with Gasteiger partial charge in [-0.15, -0.1) is 6.42 Å². The van der Waals surface area contributed by atoms with Crippen LogP contribution in [0.2, 0.25) is 0 Å². The van der Waals surface area contributed by atoms with Crippen molar-refractivity contribution in [2.45, 2.75) is 374 Å². The quantitative estimate of drug-likeness (QED) is 0.120. The van der Waals surface area contributed by atoms with E-state index in [0.717, 1.165) is 0 Å². The summed E-state index contributed by atoms with van der Waals surface area (Å²) in [5.41, 5.74) is 0. The van der Waals surface area contributed by atoms with Crippen molar-refractivity contribution in [3.63, 3.8) is 0 Å². The minimum atomic E-state index is 0. The van der Waals surface area contributed by atoms with Crippen molar-refractivity contribution in [2.24, 2.45) is 0 Å². The Balaban J connectivity index is -0.0000000122. The average Bonchev–Trinajstić information content (AvgIpc) is 3.38. The minimum Gasteiger partial charge on any atom is -0.334 e. The summed E-state index contributed by atoms with van der Waals surface area (Å²) in [6, 6.07) is 0. The van der Waals surface area contributed by atoms with Gasteiger partial charge in [-0.1, -0.05) is 314 Å². The molecule has 61 heavy (non-hydrogen) atoms. The summed E-state index contributed by atoms with van der Waals surface area (Å²) >= 11 is 0. The fourth-order valence-electron chi connectivity index (χ4n) is 2.04. The molecule has 0 bridgehead atoms. The molecule has 0 aromatic heterocycles. The minimum absolute atomic E-state index is 0. The van der Waals surface area contributed by atoms with Crippen LogP contribution >= 0.6 is 0 Å². The van der Waals surface area contributed by atoms with Crippen LogP contribution in [0.5, 0.6) is 0 Å². The number of hydrogen-bond acceptors (Lipinski definition) is 0. The van der Waals surface area contributed by atoms with E-state index in [1.165, 1.54) is 89.9 Å². The van der Waals surface area contributed by atoms with E-state index in [9.17, 15) is 0 Å². The van der Waals surface area contributed by atoms with Crippen LogP contribution in [0.3, 0.4) is 0 Å². The van der Waals surface area contributed by atoms with Gasteiger partial charge in [0.25, 0.3) is 0 Å². The third-order valence-corrected chi connectivity index (χ3v) is 3.89. The van der Waals surface area contributed by atoms with Gasteiger partial charge >= 0.3 is 0 Å². The topological polar surface area (TPSA) is 0 Å². The second kappa shape index (κ2) is 598. The number of unbranched alkanes of at least 4 members (excludes halogenated alkanes) is 14. The van der Waals surface area contributed by atoms with Crippen LogP contribution in [0.25, 0.3) is 0 Å². The standard InChI is InChI=1S/C7H16.C7H14.C6H14.C6H12.16C2H6.CH4.2Ir/c2*1-3-5-7-6-4-2;2*1-3-5-6-4-2;16*1-2;;;/h3-7H2,1-2H3;3-4H,5-7H2,1-2H3;3-6H2,1-2H3;3-4H,5-6H2,1-2H3;16*1-2H3;1H4;;/q;-2;;-2;;;;;;;;;;;;;;;;;;;. The summed E-state index contributed by atoms with van der Waals surface area (Å²) in [6.07, 6.45) is 27.7. The van der Waals surface area contributed by atoms with E-state index in [2.05, 4.69) is 81.1 Å². The van der Waals surface area contributed by atoms with Crippen LogP contribution < -0.4 is 0 Å². The molecule has 0 aliphatic rings. The van der Waals surface area contributed by atoms with E-state index < -0.39 is 0 Å². The summed E-state index contributed by atoms with van der Waals surface area (Å²) in [5.74, 6) is 0. The SMILES string of the molecule is C.CC.CC.CC.CC.CC.CC.CC.CC.CC.CC.CC.CC.CC.CC.CC.CC.CCCCCC.CCCCCCC.C[CH-]CCC[CH-]C.C[CH-]CC[CH-]C.[Ir].[Ir]. The van der Waals surface area contributed by atoms with Gasteiger partial charge in [-0.2, -0.15) is 40.5 Å². The second-order valence-corrected chi connectivity index (χ2v) is 6.91. The first-order valence-electron chi connectivity index (χ1n) is 27.8. The largest absolute Gasteiger partial charge is 0.334 e. The molecule has 0 amide bonds. The van der Waals surface area contributed by atoms with E-state index in [1.54, 1.807) is 0 Å². The van der Waals surface area contributed by atoms with Crippen molar-refractivity contribution < 1.29 is 40.2 Å². The van der Waals surface area contributed by atoms with Gasteiger partial charge in [-0.25, -0.2) is 12.8 Å². The van der Waals surface area contributed by atoms with E-state index in [1.807, 2.05) is 222 Å². The Bertz CT molecular complexity index is 129. The fraction of sp³-hybridized carbons (Fsp3) is 0.932. The van der Waals surface area contributed by atoms with Crippen LogP contribution in [-0.4, -0.2) is 0 Å². The third-order valence-electron chi connectivity index (χ3n) is 3.89. The molecule has 0 aliphatic carbocycles. The third kappa shape index (κ3) is 921. The summed E-state index contributed by atoms with van der Waals surface area (Å²) in [6.45, 7) is 81.3. The van der Waals surface area contributed by atoms with Crippen LogP contribution in [0.4, 0.5) is 0 Å². The Labute approximate surface area is 437 Å². The van der Waals surface area contributed by atoms with E-state index in [4.69, 9.17) is 0 Å². The second-order valence-electron chi connectivity index (χ2n) is 6.91. The van der Waals surface area contributed by atoms with Gasteiger partial charge in [0.05, 0.1) is 0 Å². The molecular formula is C59H156Ir2-4. The Morgan fingerprint density at radius 3 is 0.410 bits per heavy atom. The van der Waals surface area contributed by atoms with Gasteiger partial charge in [0.1, 0.15) is 0 Å². The first-order chi connectivity index (χ1) is 28.7. The molecule has 0 atom stereocenters. The van der Waals surface area contributed by atoms with Gasteiger partial charge in [0.15, 0.2) is 0 Å². The molecule has 0 rings (SSSR count). The van der Waals surface area contributed by atoms with E-state index in [-0.39, 0.29) is 47.6 Å². The van der Waals surface area contributed by atoms with E-state index >= 15 is 0 Å². The predicted octanol–water partition coefficient (Wildman–Crippen LogP) is 27.4. The molecule has 0 saturated carbocycles. The monoisotopic (exact) mass is 1250 g/mol. The molecule has 0 aromatic rings. The Hall–Kier alpha value is 1.30. The predicted molar refractivity (Wildman–Crippen MR) is 316 cm³/mol. The smallest absolute Gasteiger partial charge is 0 e. The van der Waals surface area contributed by atoms with Crippen LogP contribution in [0.1, 0.15) is 374 Å². The molecular weight excluding hydrogens is 1090 g/mol. The molecule has 0 heterocycles. The summed E-state index contributed by atoms with van der Waals surface area (Å²) in [4.78, 5) is 0. The maximum atomic E-state index is 2.25. The van der Waals surface area contributed by atoms with Crippen molar-refractivity contribution in [2.75, 3.05) is 0 Å². The molecule has 2 heteroatoms. The molecule has 0 saturated heterocycles. The number of hydrogen-bond donors (Lipinski definition) is 0. The molecule has 0 spiro atoms. The number of rotatable bonds is 14. The summed E-state index contributed by atoms with van der Waals surface area (Å²) < 4.78 is 0. The van der Waals surface area contributed by atoms with Crippen LogP contribution in [0, 0.1) is 25.7 Å². The molecule has 0 fully saturated rings. The van der Waals surface area contributed by atoms with Crippen molar-refractivity contribution in [3.8, 4) is 0 Å². The zero-order valence-electron chi connectivity index (χ0n) is 52.9. The molecule has 0 unspecified atom stereocenters. The molecule has 0 aliphatic heterocycles. The molecule has 0 aromatic carbocycles. The molecule has 2 radical (unpaired) electrons. The zero-order valence-corrected chi connectivity index (χ0v) is 57.7. The fourth-order valence-corrected chi connectivity index (χ4v) is 2.04.